The molecule has 2 aromatic rings. The number of nitrogens with one attached hydrogen (secondary N) is 2. The number of carbonyl (C=O) groups excluding carboxylic acids is 1. The predicted octanol–water partition coefficient (Wildman–Crippen LogP) is 2.65. The Hall–Kier alpha value is -3.08. The lowest BCUT2D eigenvalue weighted by Gasteiger charge is -2.15. The van der Waals surface area contributed by atoms with Crippen molar-refractivity contribution in [3.05, 3.63) is 54.1 Å². The number of anilines is 1. The molecule has 2 aromatic carbocycles. The highest BCUT2D eigenvalue weighted by atomic mass is 32.2. The number of para-hydroxylation sites is 2. The second-order valence-corrected chi connectivity index (χ2v) is 7.44. The number of amidine groups is 1. The highest BCUT2D eigenvalue weighted by molar-refractivity contribution is 7.90. The van der Waals surface area contributed by atoms with E-state index < -0.39 is 34.1 Å². The first-order chi connectivity index (χ1) is 13.1. The van der Waals surface area contributed by atoms with Crippen LogP contribution in [0, 0.1) is 0 Å². The van der Waals surface area contributed by atoms with E-state index in [4.69, 9.17) is 0 Å². The van der Waals surface area contributed by atoms with Gasteiger partial charge in [0, 0.05) is 5.56 Å². The first-order valence-corrected chi connectivity index (χ1v) is 9.41. The molecule has 11 heteroatoms. The summed E-state index contributed by atoms with van der Waals surface area (Å²) >= 11 is 0. The second-order valence-electron chi connectivity index (χ2n) is 5.79. The molecule has 0 aliphatic carbocycles. The molecular weight excluding hydrogens is 399 g/mol. The van der Waals surface area contributed by atoms with Crippen LogP contribution in [-0.4, -0.2) is 32.6 Å². The molecule has 0 spiro atoms. The molecule has 3 rings (SSSR count). The van der Waals surface area contributed by atoms with Crippen molar-refractivity contribution < 1.29 is 31.1 Å². The van der Waals surface area contributed by atoms with Gasteiger partial charge in [-0.05, 0) is 31.2 Å². The fraction of sp³-hybridized carbons (Fsp3) is 0.176. The maximum atomic E-state index is 12.5. The summed E-state index contributed by atoms with van der Waals surface area (Å²) in [5.74, 6) is -1.33. The van der Waals surface area contributed by atoms with Crippen LogP contribution in [0.4, 0.5) is 18.9 Å². The topological polar surface area (TPSA) is 96.9 Å². The number of alkyl halides is 3. The SMILES string of the molecule is C[C@H](N=C1NS(=O)(=O)c2ccccc21)C(=O)Nc1ccccc1OC(F)(F)F. The fourth-order valence-corrected chi connectivity index (χ4v) is 3.74. The summed E-state index contributed by atoms with van der Waals surface area (Å²) in [6, 6.07) is 10.1. The van der Waals surface area contributed by atoms with Gasteiger partial charge in [-0.2, -0.15) is 0 Å². The minimum absolute atomic E-state index is 0.0157. The summed E-state index contributed by atoms with van der Waals surface area (Å²) in [5.41, 5.74) is 0.118. The van der Waals surface area contributed by atoms with Crippen LogP contribution in [0.1, 0.15) is 12.5 Å². The van der Waals surface area contributed by atoms with Gasteiger partial charge in [0.15, 0.2) is 5.75 Å². The maximum Gasteiger partial charge on any atom is 0.573 e. The number of fused-ring (bicyclic) bond motifs is 1. The van der Waals surface area contributed by atoms with Gasteiger partial charge in [-0.25, -0.2) is 8.42 Å². The van der Waals surface area contributed by atoms with Crippen LogP contribution < -0.4 is 14.8 Å². The van der Waals surface area contributed by atoms with Gasteiger partial charge in [-0.15, -0.1) is 13.2 Å². The van der Waals surface area contributed by atoms with Crippen LogP contribution in [0.3, 0.4) is 0 Å². The Morgan fingerprint density at radius 1 is 1.14 bits per heavy atom. The number of aliphatic imine (C=N–C) groups is 1. The van der Waals surface area contributed by atoms with E-state index in [-0.39, 0.29) is 16.4 Å². The summed E-state index contributed by atoms with van der Waals surface area (Å²) in [5, 5.41) is 2.30. The van der Waals surface area contributed by atoms with Gasteiger partial charge in [-0.1, -0.05) is 24.3 Å². The largest absolute Gasteiger partial charge is 0.573 e. The minimum atomic E-state index is -4.92. The van der Waals surface area contributed by atoms with E-state index in [9.17, 15) is 26.4 Å². The molecule has 7 nitrogen and oxygen atoms in total. The van der Waals surface area contributed by atoms with Crippen molar-refractivity contribution in [1.29, 1.82) is 0 Å². The van der Waals surface area contributed by atoms with Gasteiger partial charge >= 0.3 is 6.36 Å². The van der Waals surface area contributed by atoms with E-state index in [1.807, 2.05) is 0 Å². The number of carbonyl (C=O) groups is 1. The average molecular weight is 413 g/mol. The highest BCUT2D eigenvalue weighted by Crippen LogP contribution is 2.30. The summed E-state index contributed by atoms with van der Waals surface area (Å²) in [6.45, 7) is 1.38. The first-order valence-electron chi connectivity index (χ1n) is 7.92. The average Bonchev–Trinajstić information content (AvgIpc) is 2.86. The van der Waals surface area contributed by atoms with E-state index in [1.54, 1.807) is 12.1 Å². The lowest BCUT2D eigenvalue weighted by atomic mass is 10.2. The molecule has 148 valence electrons. The van der Waals surface area contributed by atoms with E-state index in [2.05, 4.69) is 19.8 Å². The normalized spacial score (nSPS) is 17.5. The van der Waals surface area contributed by atoms with Crippen molar-refractivity contribution in [3.63, 3.8) is 0 Å². The summed E-state index contributed by atoms with van der Waals surface area (Å²) in [6.07, 6.45) is -4.92. The Morgan fingerprint density at radius 2 is 1.79 bits per heavy atom. The van der Waals surface area contributed by atoms with E-state index in [1.165, 1.54) is 37.3 Å². The Labute approximate surface area is 158 Å². The number of nitrogens with zero attached hydrogens (tertiary/aromatic N) is 1. The first kappa shape index (κ1) is 19.7. The molecular formula is C17H14F3N3O4S. The molecule has 1 heterocycles. The van der Waals surface area contributed by atoms with Gasteiger partial charge in [-0.3, -0.25) is 14.5 Å². The van der Waals surface area contributed by atoms with Crippen LogP contribution in [0.25, 0.3) is 0 Å². The van der Waals surface area contributed by atoms with Crippen molar-refractivity contribution in [2.45, 2.75) is 24.2 Å². The Bertz CT molecular complexity index is 1050. The summed E-state index contributed by atoms with van der Waals surface area (Å²) in [7, 11) is -3.77. The third kappa shape index (κ3) is 4.25. The van der Waals surface area contributed by atoms with Gasteiger partial charge in [0.05, 0.1) is 10.6 Å². The number of benzene rings is 2. The molecule has 1 atom stereocenters. The standard InChI is InChI=1S/C17H14F3N3O4S/c1-10(21-15-11-6-2-5-9-14(11)28(25,26)23-15)16(24)22-12-7-3-4-8-13(12)27-17(18,19)20/h2-10H,1H3,(H,21,23)(H,22,24)/t10-/m0/s1. The molecule has 0 aromatic heterocycles. The predicted molar refractivity (Wildman–Crippen MR) is 94.5 cm³/mol. The van der Waals surface area contributed by atoms with Crippen LogP contribution >= 0.6 is 0 Å². The van der Waals surface area contributed by atoms with Gasteiger partial charge in [0.1, 0.15) is 11.9 Å². The number of halogens is 3. The number of sulfonamides is 1. The molecule has 0 radical (unpaired) electrons. The number of hydrogen-bond donors (Lipinski definition) is 2. The van der Waals surface area contributed by atoms with Crippen LogP contribution in [0.15, 0.2) is 58.4 Å². The van der Waals surface area contributed by atoms with Crippen molar-refractivity contribution in [3.8, 4) is 5.75 Å². The summed E-state index contributed by atoms with van der Waals surface area (Å²) in [4.78, 5) is 16.5. The number of amides is 1. The van der Waals surface area contributed by atoms with Gasteiger partial charge in [0.25, 0.3) is 10.0 Å². The summed E-state index contributed by atoms with van der Waals surface area (Å²) < 4.78 is 67.7. The number of hydrogen-bond acceptors (Lipinski definition) is 5. The molecule has 1 aliphatic heterocycles. The third-order valence-electron chi connectivity index (χ3n) is 3.74. The Morgan fingerprint density at radius 3 is 2.50 bits per heavy atom. The minimum Gasteiger partial charge on any atom is -0.404 e. The second kappa shape index (κ2) is 7.15. The monoisotopic (exact) mass is 413 g/mol. The van der Waals surface area contributed by atoms with Crippen LogP contribution in [0.2, 0.25) is 0 Å². The van der Waals surface area contributed by atoms with E-state index in [0.29, 0.717) is 5.56 Å². The highest BCUT2D eigenvalue weighted by Gasteiger charge is 2.33. The van der Waals surface area contributed by atoms with Gasteiger partial charge < -0.3 is 10.1 Å². The van der Waals surface area contributed by atoms with Crippen molar-refractivity contribution in [1.82, 2.24) is 4.72 Å². The van der Waals surface area contributed by atoms with Crippen molar-refractivity contribution in [2.75, 3.05) is 5.32 Å². The fourth-order valence-electron chi connectivity index (χ4n) is 2.50. The zero-order valence-electron chi connectivity index (χ0n) is 14.3. The molecule has 0 fully saturated rings. The Kier molecular flexibility index (Phi) is 5.02. The third-order valence-corrected chi connectivity index (χ3v) is 5.13. The van der Waals surface area contributed by atoms with Crippen molar-refractivity contribution in [2.24, 2.45) is 4.99 Å². The van der Waals surface area contributed by atoms with Crippen molar-refractivity contribution >= 4 is 27.5 Å². The molecule has 2 N–H and O–H groups in total. The quantitative estimate of drug-likeness (QED) is 0.805. The lowest BCUT2D eigenvalue weighted by Crippen LogP contribution is -2.29. The van der Waals surface area contributed by atoms with Gasteiger partial charge in [0.2, 0.25) is 5.91 Å². The van der Waals surface area contributed by atoms with E-state index >= 15 is 0 Å². The molecule has 0 bridgehead atoms. The molecule has 0 saturated heterocycles. The van der Waals surface area contributed by atoms with E-state index in [0.717, 1.165) is 6.07 Å². The molecule has 0 saturated carbocycles. The Balaban J connectivity index is 1.81. The molecule has 1 amide bonds. The zero-order chi connectivity index (χ0) is 20.5. The molecule has 1 aliphatic rings. The maximum absolute atomic E-state index is 12.5. The lowest BCUT2D eigenvalue weighted by molar-refractivity contribution is -0.274. The zero-order valence-corrected chi connectivity index (χ0v) is 15.1. The van der Waals surface area contributed by atoms with Crippen LogP contribution in [0.5, 0.6) is 5.75 Å². The smallest absolute Gasteiger partial charge is 0.404 e. The molecule has 0 unspecified atom stereocenters. The number of ether oxygens (including phenoxy) is 1. The molecule has 28 heavy (non-hydrogen) atoms. The number of rotatable bonds is 4. The van der Waals surface area contributed by atoms with Crippen LogP contribution in [-0.2, 0) is 14.8 Å².